The van der Waals surface area contributed by atoms with Crippen molar-refractivity contribution in [3.8, 4) is 0 Å². The molecule has 4 aliphatic rings. The third-order valence-electron chi connectivity index (χ3n) is 7.73. The van der Waals surface area contributed by atoms with Gasteiger partial charge < -0.3 is 5.11 Å². The third-order valence-corrected chi connectivity index (χ3v) is 11.5. The average molecular weight is 434 g/mol. The van der Waals surface area contributed by atoms with Gasteiger partial charge in [0.25, 0.3) is 0 Å². The number of hydrogen-bond donors (Lipinski definition) is 1. The fourth-order valence-electron chi connectivity index (χ4n) is 6.60. The van der Waals surface area contributed by atoms with Gasteiger partial charge in [-0.2, -0.15) is 0 Å². The van der Waals surface area contributed by atoms with Gasteiger partial charge in [-0.25, -0.2) is 0 Å². The quantitative estimate of drug-likeness (QED) is 0.613. The van der Waals surface area contributed by atoms with Crippen LogP contribution in [0.15, 0.2) is 0 Å². The third kappa shape index (κ3) is 1.89. The predicted octanol–water partition coefficient (Wildman–Crippen LogP) is 4.61. The summed E-state index contributed by atoms with van der Waals surface area (Å²) in [6.45, 7) is 0.0778. The van der Waals surface area contributed by atoms with Crippen molar-refractivity contribution >= 4 is 37.6 Å². The normalized spacial score (nSPS) is 54.5. The number of carbonyl (C=O) groups excluding carboxylic acids is 1. The van der Waals surface area contributed by atoms with Crippen molar-refractivity contribution in [1.82, 2.24) is 0 Å². The Morgan fingerprint density at radius 1 is 1.00 bits per heavy atom. The van der Waals surface area contributed by atoms with Crippen LogP contribution in [0.4, 0.5) is 0 Å². The molecule has 2 nitrogen and oxygen atoms in total. The van der Waals surface area contributed by atoms with E-state index in [2.05, 4.69) is 31.9 Å². The number of aliphatic hydroxyl groups is 1. The second kappa shape index (κ2) is 5.29. The van der Waals surface area contributed by atoms with Crippen LogP contribution in [0.2, 0.25) is 0 Å². The van der Waals surface area contributed by atoms with Crippen LogP contribution in [0.5, 0.6) is 0 Å². The predicted molar refractivity (Wildman–Crippen MR) is 94.5 cm³/mol. The molecular formula is C18H26Br2O2. The Bertz CT molecular complexity index is 495. The first-order valence-corrected chi connectivity index (χ1v) is 10.6. The van der Waals surface area contributed by atoms with E-state index in [4.69, 9.17) is 0 Å². The summed E-state index contributed by atoms with van der Waals surface area (Å²) < 4.78 is 0.454. The minimum atomic E-state index is -0.383. The van der Waals surface area contributed by atoms with Gasteiger partial charge >= 0.3 is 0 Å². The molecule has 0 aromatic carbocycles. The number of halogens is 2. The van der Waals surface area contributed by atoms with Crippen LogP contribution >= 0.6 is 31.9 Å². The van der Waals surface area contributed by atoms with Crippen LogP contribution in [-0.2, 0) is 4.79 Å². The molecule has 0 heterocycles. The fraction of sp³-hybridized carbons (Fsp3) is 0.944. The molecule has 0 aromatic rings. The first-order valence-electron chi connectivity index (χ1n) is 8.99. The molecule has 0 radical (unpaired) electrons. The van der Waals surface area contributed by atoms with Crippen molar-refractivity contribution in [3.05, 3.63) is 0 Å². The number of ketones is 1. The van der Waals surface area contributed by atoms with Crippen LogP contribution in [0.3, 0.4) is 0 Å². The molecule has 22 heavy (non-hydrogen) atoms. The van der Waals surface area contributed by atoms with Crippen molar-refractivity contribution in [2.24, 2.45) is 23.2 Å². The Morgan fingerprint density at radius 2 is 1.77 bits per heavy atom. The highest BCUT2D eigenvalue weighted by Gasteiger charge is 2.65. The SMILES string of the molecule is O=C1CC[C@H]2[C@@H]3CCC4(Br)CCCC[C@]4(Br)[C@H]3CC[C@]12CO. The van der Waals surface area contributed by atoms with Gasteiger partial charge in [-0.05, 0) is 62.7 Å². The Hall–Kier alpha value is 0.590. The summed E-state index contributed by atoms with van der Waals surface area (Å²) in [4.78, 5) is 12.5. The Morgan fingerprint density at radius 3 is 2.55 bits per heavy atom. The Labute approximate surface area is 150 Å². The molecule has 4 fully saturated rings. The van der Waals surface area contributed by atoms with Gasteiger partial charge in [-0.3, -0.25) is 4.79 Å². The Kier molecular flexibility index (Phi) is 3.87. The van der Waals surface area contributed by atoms with Crippen molar-refractivity contribution in [2.45, 2.75) is 72.9 Å². The molecule has 4 aliphatic carbocycles. The number of alkyl halides is 2. The maximum absolute atomic E-state index is 12.5. The molecule has 1 N–H and O–H groups in total. The van der Waals surface area contributed by atoms with E-state index in [9.17, 15) is 9.90 Å². The molecule has 0 bridgehead atoms. The van der Waals surface area contributed by atoms with Gasteiger partial charge in [0, 0.05) is 15.1 Å². The number of fused-ring (bicyclic) bond motifs is 5. The maximum Gasteiger partial charge on any atom is 0.141 e. The van der Waals surface area contributed by atoms with E-state index in [1.165, 1.54) is 38.5 Å². The van der Waals surface area contributed by atoms with E-state index >= 15 is 0 Å². The zero-order valence-electron chi connectivity index (χ0n) is 13.1. The number of Topliss-reactive ketones (excluding diaryl/α,β-unsaturated/α-hetero) is 1. The molecule has 124 valence electrons. The molecular weight excluding hydrogens is 408 g/mol. The summed E-state index contributed by atoms with van der Waals surface area (Å²) in [7, 11) is 0. The van der Waals surface area contributed by atoms with Crippen LogP contribution in [0.1, 0.15) is 64.2 Å². The second-order valence-corrected chi connectivity index (χ2v) is 11.2. The summed E-state index contributed by atoms with van der Waals surface area (Å²) >= 11 is 8.37. The highest BCUT2D eigenvalue weighted by Crippen LogP contribution is 2.67. The lowest BCUT2D eigenvalue weighted by Crippen LogP contribution is -2.62. The first kappa shape index (κ1) is 16.1. The van der Waals surface area contributed by atoms with E-state index in [1.807, 2.05) is 0 Å². The maximum atomic E-state index is 12.5. The molecule has 0 aliphatic heterocycles. The molecule has 0 amide bonds. The average Bonchev–Trinajstić information content (AvgIpc) is 2.86. The number of rotatable bonds is 1. The van der Waals surface area contributed by atoms with Crippen LogP contribution < -0.4 is 0 Å². The smallest absolute Gasteiger partial charge is 0.141 e. The number of aliphatic hydroxyl groups excluding tert-OH is 1. The summed E-state index contributed by atoms with van der Waals surface area (Å²) in [5, 5.41) is 10.0. The molecule has 0 spiro atoms. The minimum absolute atomic E-state index is 0.0778. The van der Waals surface area contributed by atoms with Crippen molar-refractivity contribution in [2.75, 3.05) is 6.61 Å². The molecule has 0 aromatic heterocycles. The van der Waals surface area contributed by atoms with E-state index in [1.54, 1.807) is 0 Å². The van der Waals surface area contributed by atoms with Crippen molar-refractivity contribution < 1.29 is 9.90 Å². The summed E-state index contributed by atoms with van der Waals surface area (Å²) in [5.41, 5.74) is -0.383. The lowest BCUT2D eigenvalue weighted by molar-refractivity contribution is -0.137. The van der Waals surface area contributed by atoms with Crippen LogP contribution in [0, 0.1) is 23.2 Å². The molecule has 6 atom stereocenters. The standard InChI is InChI=1S/C18H26Br2O2/c19-17-7-1-2-8-18(17,20)14-6-9-16(11-21)13(3-4-15(16)22)12(14)5-10-17/h12-14,21H,1-11H2/t12-,13-,14-,16+,17?,18-/m0/s1. The largest absolute Gasteiger partial charge is 0.395 e. The van der Waals surface area contributed by atoms with Gasteiger partial charge in [-0.1, -0.05) is 44.7 Å². The van der Waals surface area contributed by atoms with Crippen molar-refractivity contribution in [1.29, 1.82) is 0 Å². The highest BCUT2D eigenvalue weighted by molar-refractivity contribution is 9.13. The summed E-state index contributed by atoms with van der Waals surface area (Å²) in [6, 6.07) is 0. The first-order chi connectivity index (χ1) is 10.5. The van der Waals surface area contributed by atoms with Crippen LogP contribution in [-0.4, -0.2) is 26.1 Å². The Balaban J connectivity index is 1.70. The van der Waals surface area contributed by atoms with E-state index in [-0.39, 0.29) is 20.7 Å². The molecule has 0 saturated heterocycles. The number of carbonyl (C=O) groups is 1. The topological polar surface area (TPSA) is 37.3 Å². The van der Waals surface area contributed by atoms with E-state index in [0.29, 0.717) is 30.0 Å². The zero-order chi connectivity index (χ0) is 15.6. The van der Waals surface area contributed by atoms with Crippen LogP contribution in [0.25, 0.3) is 0 Å². The van der Waals surface area contributed by atoms with Gasteiger partial charge in [0.15, 0.2) is 0 Å². The molecule has 1 unspecified atom stereocenters. The number of hydrogen-bond acceptors (Lipinski definition) is 2. The summed E-state index contributed by atoms with van der Waals surface area (Å²) in [6.07, 6.45) is 11.3. The fourth-order valence-corrected chi connectivity index (χ4v) is 8.84. The summed E-state index contributed by atoms with van der Waals surface area (Å²) in [5.74, 6) is 2.06. The minimum Gasteiger partial charge on any atom is -0.395 e. The zero-order valence-corrected chi connectivity index (χ0v) is 16.3. The lowest BCUT2D eigenvalue weighted by atomic mass is 9.50. The molecule has 4 heteroatoms. The van der Waals surface area contributed by atoms with E-state index < -0.39 is 0 Å². The molecule has 4 rings (SSSR count). The van der Waals surface area contributed by atoms with Gasteiger partial charge in [0.05, 0.1) is 12.0 Å². The van der Waals surface area contributed by atoms with E-state index in [0.717, 1.165) is 19.3 Å². The molecule has 4 saturated carbocycles. The monoisotopic (exact) mass is 432 g/mol. The van der Waals surface area contributed by atoms with Gasteiger partial charge in [0.1, 0.15) is 5.78 Å². The van der Waals surface area contributed by atoms with Gasteiger partial charge in [-0.15, -0.1) is 0 Å². The second-order valence-electron chi connectivity index (χ2n) is 8.27. The highest BCUT2D eigenvalue weighted by atomic mass is 79.9. The van der Waals surface area contributed by atoms with Gasteiger partial charge in [0.2, 0.25) is 0 Å². The van der Waals surface area contributed by atoms with Crippen molar-refractivity contribution in [3.63, 3.8) is 0 Å². The lowest BCUT2D eigenvalue weighted by Gasteiger charge is -2.61.